The monoisotopic (exact) mass is 334 g/mol. The van der Waals surface area contributed by atoms with Crippen LogP contribution in [0.4, 0.5) is 0 Å². The van der Waals surface area contributed by atoms with E-state index in [1.54, 1.807) is 7.11 Å². The summed E-state index contributed by atoms with van der Waals surface area (Å²) in [6.07, 6.45) is 0. The van der Waals surface area contributed by atoms with E-state index in [1.165, 1.54) is 0 Å². The molecule has 4 heteroatoms. The molecule has 0 radical (unpaired) electrons. The van der Waals surface area contributed by atoms with E-state index in [4.69, 9.17) is 21.3 Å². The third-order valence-corrected chi connectivity index (χ3v) is 4.23. The van der Waals surface area contributed by atoms with E-state index in [1.807, 2.05) is 60.7 Å². The average molecular weight is 335 g/mol. The number of hydrogen-bond donors (Lipinski definition) is 0. The zero-order valence-electron chi connectivity index (χ0n) is 13.1. The van der Waals surface area contributed by atoms with Crippen LogP contribution >= 0.6 is 11.6 Å². The number of benzene rings is 3. The Balaban J connectivity index is 2.03. The van der Waals surface area contributed by atoms with Gasteiger partial charge in [-0.2, -0.15) is 0 Å². The molecule has 0 saturated carbocycles. The van der Waals surface area contributed by atoms with Crippen molar-refractivity contribution in [2.24, 2.45) is 0 Å². The number of halogens is 1. The Morgan fingerprint density at radius 2 is 1.67 bits per heavy atom. The summed E-state index contributed by atoms with van der Waals surface area (Å²) in [7, 11) is 1.67. The van der Waals surface area contributed by atoms with E-state index in [2.05, 4.69) is 16.7 Å². The number of methoxy groups -OCH3 is 1. The summed E-state index contributed by atoms with van der Waals surface area (Å²) >= 11 is 6.03. The Hall–Kier alpha value is -2.78. The molecule has 0 bridgehead atoms. The summed E-state index contributed by atoms with van der Waals surface area (Å²) in [5, 5.41) is 0.711. The van der Waals surface area contributed by atoms with Crippen LogP contribution in [-0.2, 0) is 0 Å². The summed E-state index contributed by atoms with van der Waals surface area (Å²) in [5.74, 6) is 1.68. The molecule has 3 nitrogen and oxygen atoms in total. The fourth-order valence-electron chi connectivity index (χ4n) is 2.81. The van der Waals surface area contributed by atoms with Crippen molar-refractivity contribution in [1.29, 1.82) is 0 Å². The minimum absolute atomic E-state index is 0.711. The first-order valence-corrected chi connectivity index (χ1v) is 8.02. The minimum atomic E-state index is 0.711. The zero-order chi connectivity index (χ0) is 16.5. The van der Waals surface area contributed by atoms with Crippen LogP contribution in [0, 0.1) is 0 Å². The number of para-hydroxylation sites is 1. The number of nitrogens with zero attached hydrogens (tertiary/aromatic N) is 2. The maximum Gasteiger partial charge on any atom is 0.145 e. The Kier molecular flexibility index (Phi) is 3.71. The zero-order valence-corrected chi connectivity index (χ0v) is 13.9. The Morgan fingerprint density at radius 1 is 0.917 bits per heavy atom. The molecule has 0 unspecified atom stereocenters. The van der Waals surface area contributed by atoms with E-state index in [9.17, 15) is 0 Å². The number of rotatable bonds is 3. The highest BCUT2D eigenvalue weighted by Crippen LogP contribution is 2.31. The van der Waals surface area contributed by atoms with Gasteiger partial charge in [0.15, 0.2) is 0 Å². The van der Waals surface area contributed by atoms with Crippen molar-refractivity contribution in [3.05, 3.63) is 77.8 Å². The van der Waals surface area contributed by atoms with E-state index in [-0.39, 0.29) is 0 Å². The second-order valence-corrected chi connectivity index (χ2v) is 5.90. The number of fused-ring (bicyclic) bond motifs is 1. The molecule has 1 aromatic heterocycles. The van der Waals surface area contributed by atoms with Crippen LogP contribution in [0.3, 0.4) is 0 Å². The second kappa shape index (κ2) is 6.02. The SMILES string of the molecule is COc1ccc2nc(-c3ccc(Cl)cc3)n(-c3ccccc3)c2c1. The molecule has 0 aliphatic carbocycles. The molecule has 0 N–H and O–H groups in total. The van der Waals surface area contributed by atoms with Crippen molar-refractivity contribution in [2.75, 3.05) is 7.11 Å². The second-order valence-electron chi connectivity index (χ2n) is 5.47. The quantitative estimate of drug-likeness (QED) is 0.504. The average Bonchev–Trinajstić information content (AvgIpc) is 3.01. The molecule has 0 aliphatic heterocycles. The predicted molar refractivity (Wildman–Crippen MR) is 98.1 cm³/mol. The molecule has 118 valence electrons. The largest absolute Gasteiger partial charge is 0.497 e. The van der Waals surface area contributed by atoms with Gasteiger partial charge in [-0.3, -0.25) is 4.57 Å². The van der Waals surface area contributed by atoms with Crippen molar-refractivity contribution in [2.45, 2.75) is 0 Å². The molecule has 0 amide bonds. The normalized spacial score (nSPS) is 10.9. The molecule has 4 rings (SSSR count). The van der Waals surface area contributed by atoms with Gasteiger partial charge in [-0.15, -0.1) is 0 Å². The lowest BCUT2D eigenvalue weighted by molar-refractivity contribution is 0.415. The molecule has 0 saturated heterocycles. The Labute approximate surface area is 145 Å². The van der Waals surface area contributed by atoms with Gasteiger partial charge in [-0.1, -0.05) is 29.8 Å². The van der Waals surface area contributed by atoms with E-state index in [0.717, 1.165) is 33.9 Å². The Morgan fingerprint density at radius 3 is 2.38 bits per heavy atom. The van der Waals surface area contributed by atoms with Crippen LogP contribution in [0.25, 0.3) is 28.1 Å². The highest BCUT2D eigenvalue weighted by atomic mass is 35.5. The summed E-state index contributed by atoms with van der Waals surface area (Å²) in [6.45, 7) is 0. The molecule has 24 heavy (non-hydrogen) atoms. The predicted octanol–water partition coefficient (Wildman–Crippen LogP) is 5.35. The maximum atomic E-state index is 6.03. The van der Waals surface area contributed by atoms with Crippen LogP contribution in [0.15, 0.2) is 72.8 Å². The van der Waals surface area contributed by atoms with Crippen LogP contribution in [-0.4, -0.2) is 16.7 Å². The van der Waals surface area contributed by atoms with Gasteiger partial charge in [0.25, 0.3) is 0 Å². The smallest absolute Gasteiger partial charge is 0.145 e. The molecular formula is C20H15ClN2O. The van der Waals surface area contributed by atoms with Crippen molar-refractivity contribution in [3.63, 3.8) is 0 Å². The fourth-order valence-corrected chi connectivity index (χ4v) is 2.94. The molecule has 1 heterocycles. The first-order chi connectivity index (χ1) is 11.8. The topological polar surface area (TPSA) is 27.1 Å². The first-order valence-electron chi connectivity index (χ1n) is 7.64. The van der Waals surface area contributed by atoms with Gasteiger partial charge in [-0.05, 0) is 48.5 Å². The standard InChI is InChI=1S/C20H15ClN2O/c1-24-17-11-12-18-19(13-17)23(16-5-3-2-4-6-16)20(22-18)14-7-9-15(21)10-8-14/h2-13H,1H3. The van der Waals surface area contributed by atoms with Gasteiger partial charge in [0, 0.05) is 22.3 Å². The lowest BCUT2D eigenvalue weighted by Gasteiger charge is -2.10. The number of aromatic nitrogens is 2. The van der Waals surface area contributed by atoms with E-state index < -0.39 is 0 Å². The molecule has 4 aromatic rings. The van der Waals surface area contributed by atoms with Crippen LogP contribution in [0.2, 0.25) is 5.02 Å². The number of ether oxygens (including phenoxy) is 1. The lowest BCUT2D eigenvalue weighted by Crippen LogP contribution is -1.97. The summed E-state index contributed by atoms with van der Waals surface area (Å²) < 4.78 is 7.53. The molecule has 0 aliphatic rings. The van der Waals surface area contributed by atoms with E-state index in [0.29, 0.717) is 5.02 Å². The summed E-state index contributed by atoms with van der Waals surface area (Å²) in [6, 6.07) is 23.8. The van der Waals surface area contributed by atoms with Crippen LogP contribution in [0.1, 0.15) is 0 Å². The van der Waals surface area contributed by atoms with Gasteiger partial charge in [0.05, 0.1) is 18.1 Å². The lowest BCUT2D eigenvalue weighted by atomic mass is 10.2. The highest BCUT2D eigenvalue weighted by molar-refractivity contribution is 6.30. The van der Waals surface area contributed by atoms with Crippen molar-refractivity contribution in [3.8, 4) is 22.8 Å². The van der Waals surface area contributed by atoms with Gasteiger partial charge < -0.3 is 4.74 Å². The van der Waals surface area contributed by atoms with Gasteiger partial charge in [0.1, 0.15) is 11.6 Å². The van der Waals surface area contributed by atoms with Gasteiger partial charge in [0.2, 0.25) is 0 Å². The van der Waals surface area contributed by atoms with Crippen molar-refractivity contribution >= 4 is 22.6 Å². The molecule has 0 fully saturated rings. The third kappa shape index (κ3) is 2.53. The van der Waals surface area contributed by atoms with Crippen LogP contribution < -0.4 is 4.74 Å². The van der Waals surface area contributed by atoms with Crippen LogP contribution in [0.5, 0.6) is 5.75 Å². The number of imidazole rings is 1. The minimum Gasteiger partial charge on any atom is -0.497 e. The molecule has 0 atom stereocenters. The maximum absolute atomic E-state index is 6.03. The first kappa shape index (κ1) is 14.8. The van der Waals surface area contributed by atoms with Gasteiger partial charge >= 0.3 is 0 Å². The summed E-state index contributed by atoms with van der Waals surface area (Å²) in [4.78, 5) is 4.83. The van der Waals surface area contributed by atoms with E-state index >= 15 is 0 Å². The third-order valence-electron chi connectivity index (χ3n) is 3.98. The molecular weight excluding hydrogens is 320 g/mol. The highest BCUT2D eigenvalue weighted by Gasteiger charge is 2.14. The number of hydrogen-bond acceptors (Lipinski definition) is 2. The van der Waals surface area contributed by atoms with Crippen molar-refractivity contribution in [1.82, 2.24) is 9.55 Å². The van der Waals surface area contributed by atoms with Gasteiger partial charge in [-0.25, -0.2) is 4.98 Å². The molecule has 0 spiro atoms. The fraction of sp³-hybridized carbons (Fsp3) is 0.0500. The Bertz CT molecular complexity index is 992. The summed E-state index contributed by atoms with van der Waals surface area (Å²) in [5.41, 5.74) is 3.99. The van der Waals surface area contributed by atoms with Crippen molar-refractivity contribution < 1.29 is 4.74 Å². The molecule has 3 aromatic carbocycles.